The third-order valence-electron chi connectivity index (χ3n) is 1.60. The highest BCUT2D eigenvalue weighted by molar-refractivity contribution is 5.80. The Morgan fingerprint density at radius 3 is 3.00 bits per heavy atom. The Balaban J connectivity index is 2.39. The van der Waals surface area contributed by atoms with E-state index in [9.17, 15) is 4.79 Å². The van der Waals surface area contributed by atoms with Gasteiger partial charge < -0.3 is 16.8 Å². The van der Waals surface area contributed by atoms with E-state index in [4.69, 9.17) is 11.5 Å². The Kier molecular flexibility index (Phi) is 2.86. The first-order valence-corrected chi connectivity index (χ1v) is 3.87. The van der Waals surface area contributed by atoms with Crippen molar-refractivity contribution in [3.63, 3.8) is 0 Å². The molecular formula is C7H13N5O. The van der Waals surface area contributed by atoms with Crippen molar-refractivity contribution in [3.05, 3.63) is 12.4 Å². The summed E-state index contributed by atoms with van der Waals surface area (Å²) in [6.45, 7) is 0.320. The van der Waals surface area contributed by atoms with Gasteiger partial charge >= 0.3 is 0 Å². The van der Waals surface area contributed by atoms with Gasteiger partial charge in [0.2, 0.25) is 5.91 Å². The maximum absolute atomic E-state index is 10.6. The van der Waals surface area contributed by atoms with Gasteiger partial charge in [0.15, 0.2) is 0 Å². The molecule has 0 bridgehead atoms. The number of aryl methyl sites for hydroxylation is 1. The molecule has 1 amide bonds. The van der Waals surface area contributed by atoms with E-state index in [0.717, 1.165) is 5.69 Å². The standard InChI is InChI=1S/C7H13N5O/c1-12-4-5(2-11-12)10-3-6(8)7(9)13/h2,4,6,10H,3,8H2,1H3,(H2,9,13). The first-order valence-electron chi connectivity index (χ1n) is 3.87. The minimum absolute atomic E-state index is 0.320. The molecule has 13 heavy (non-hydrogen) atoms. The molecule has 0 saturated heterocycles. The number of aromatic nitrogens is 2. The predicted octanol–water partition coefficient (Wildman–Crippen LogP) is -1.36. The fourth-order valence-electron chi connectivity index (χ4n) is 0.841. The maximum Gasteiger partial charge on any atom is 0.236 e. The van der Waals surface area contributed by atoms with Crippen LogP contribution in [-0.2, 0) is 11.8 Å². The van der Waals surface area contributed by atoms with Gasteiger partial charge in [-0.15, -0.1) is 0 Å². The van der Waals surface area contributed by atoms with E-state index < -0.39 is 11.9 Å². The van der Waals surface area contributed by atoms with Crippen molar-refractivity contribution in [2.75, 3.05) is 11.9 Å². The van der Waals surface area contributed by atoms with Crippen LogP contribution in [0.25, 0.3) is 0 Å². The molecule has 6 heteroatoms. The van der Waals surface area contributed by atoms with Crippen molar-refractivity contribution in [1.82, 2.24) is 9.78 Å². The number of nitrogens with one attached hydrogen (secondary N) is 1. The molecule has 0 saturated carbocycles. The Morgan fingerprint density at radius 1 is 1.85 bits per heavy atom. The number of anilines is 1. The number of rotatable bonds is 4. The number of carbonyl (C=O) groups excluding carboxylic acids is 1. The Bertz CT molecular complexity index is 295. The number of nitrogens with zero attached hydrogens (tertiary/aromatic N) is 2. The molecule has 6 nitrogen and oxygen atoms in total. The van der Waals surface area contributed by atoms with Gasteiger partial charge in [0, 0.05) is 19.8 Å². The van der Waals surface area contributed by atoms with E-state index in [-0.39, 0.29) is 0 Å². The van der Waals surface area contributed by atoms with Crippen LogP contribution in [0.1, 0.15) is 0 Å². The average molecular weight is 183 g/mol. The zero-order valence-electron chi connectivity index (χ0n) is 7.40. The summed E-state index contributed by atoms with van der Waals surface area (Å²) in [4.78, 5) is 10.6. The van der Waals surface area contributed by atoms with Crippen LogP contribution >= 0.6 is 0 Å². The Labute approximate surface area is 75.9 Å². The van der Waals surface area contributed by atoms with Gasteiger partial charge in [0.05, 0.1) is 11.9 Å². The molecule has 0 aromatic carbocycles. The van der Waals surface area contributed by atoms with E-state index in [0.29, 0.717) is 6.54 Å². The largest absolute Gasteiger partial charge is 0.380 e. The number of carbonyl (C=O) groups is 1. The number of amides is 1. The summed E-state index contributed by atoms with van der Waals surface area (Å²) in [6.07, 6.45) is 3.43. The average Bonchev–Trinajstić information content (AvgIpc) is 2.47. The van der Waals surface area contributed by atoms with E-state index in [2.05, 4.69) is 10.4 Å². The zero-order valence-corrected chi connectivity index (χ0v) is 7.40. The van der Waals surface area contributed by atoms with Gasteiger partial charge in [-0.25, -0.2) is 0 Å². The van der Waals surface area contributed by atoms with E-state index in [1.165, 1.54) is 0 Å². The van der Waals surface area contributed by atoms with Gasteiger partial charge in [-0.2, -0.15) is 5.10 Å². The molecule has 0 aliphatic rings. The number of hydrogen-bond acceptors (Lipinski definition) is 4. The fourth-order valence-corrected chi connectivity index (χ4v) is 0.841. The highest BCUT2D eigenvalue weighted by Gasteiger charge is 2.08. The lowest BCUT2D eigenvalue weighted by molar-refractivity contribution is -0.118. The minimum Gasteiger partial charge on any atom is -0.380 e. The molecule has 0 radical (unpaired) electrons. The van der Waals surface area contributed by atoms with Crippen LogP contribution in [0.3, 0.4) is 0 Å². The van der Waals surface area contributed by atoms with Crippen molar-refractivity contribution in [1.29, 1.82) is 0 Å². The molecule has 1 unspecified atom stereocenters. The lowest BCUT2D eigenvalue weighted by Gasteiger charge is -2.07. The molecule has 1 atom stereocenters. The van der Waals surface area contributed by atoms with Gasteiger partial charge in [-0.05, 0) is 0 Å². The molecule has 1 aromatic rings. The summed E-state index contributed by atoms with van der Waals surface area (Å²) in [7, 11) is 1.80. The molecule has 0 spiro atoms. The Morgan fingerprint density at radius 2 is 2.54 bits per heavy atom. The van der Waals surface area contributed by atoms with Gasteiger partial charge in [0.25, 0.3) is 0 Å². The van der Waals surface area contributed by atoms with Crippen molar-refractivity contribution >= 4 is 11.6 Å². The topological polar surface area (TPSA) is 99.0 Å². The van der Waals surface area contributed by atoms with Gasteiger partial charge in [-0.1, -0.05) is 0 Å². The van der Waals surface area contributed by atoms with Crippen LogP contribution in [0.15, 0.2) is 12.4 Å². The maximum atomic E-state index is 10.6. The third kappa shape index (κ3) is 2.75. The minimum atomic E-state index is -0.666. The molecule has 5 N–H and O–H groups in total. The van der Waals surface area contributed by atoms with Crippen LogP contribution in [0, 0.1) is 0 Å². The fraction of sp³-hybridized carbons (Fsp3) is 0.429. The first-order chi connectivity index (χ1) is 6.09. The molecule has 0 fully saturated rings. The quantitative estimate of drug-likeness (QED) is 0.537. The predicted molar refractivity (Wildman–Crippen MR) is 48.9 cm³/mol. The smallest absolute Gasteiger partial charge is 0.236 e. The van der Waals surface area contributed by atoms with Crippen molar-refractivity contribution in [3.8, 4) is 0 Å². The van der Waals surface area contributed by atoms with Crippen LogP contribution < -0.4 is 16.8 Å². The van der Waals surface area contributed by atoms with Crippen LogP contribution in [0.2, 0.25) is 0 Å². The molecule has 0 aliphatic heterocycles. The van der Waals surface area contributed by atoms with Crippen LogP contribution in [0.4, 0.5) is 5.69 Å². The highest BCUT2D eigenvalue weighted by atomic mass is 16.1. The van der Waals surface area contributed by atoms with Crippen molar-refractivity contribution in [2.45, 2.75) is 6.04 Å². The second-order valence-electron chi connectivity index (χ2n) is 2.79. The summed E-state index contributed by atoms with van der Waals surface area (Å²) in [5, 5.41) is 6.87. The second-order valence-corrected chi connectivity index (χ2v) is 2.79. The van der Waals surface area contributed by atoms with E-state index in [1.54, 1.807) is 24.1 Å². The highest BCUT2D eigenvalue weighted by Crippen LogP contribution is 2.02. The SMILES string of the molecule is Cn1cc(NCC(N)C(N)=O)cn1. The summed E-state index contributed by atoms with van der Waals surface area (Å²) in [6, 6.07) is -0.666. The number of nitrogens with two attached hydrogens (primary N) is 2. The number of primary amides is 1. The summed E-state index contributed by atoms with van der Waals surface area (Å²) in [5.74, 6) is -0.517. The number of hydrogen-bond donors (Lipinski definition) is 3. The van der Waals surface area contributed by atoms with Crippen molar-refractivity contribution in [2.24, 2.45) is 18.5 Å². The van der Waals surface area contributed by atoms with Crippen LogP contribution in [0.5, 0.6) is 0 Å². The summed E-state index contributed by atoms with van der Waals surface area (Å²) < 4.78 is 1.65. The molecule has 72 valence electrons. The van der Waals surface area contributed by atoms with E-state index >= 15 is 0 Å². The van der Waals surface area contributed by atoms with Gasteiger partial charge in [0.1, 0.15) is 6.04 Å². The third-order valence-corrected chi connectivity index (χ3v) is 1.60. The lowest BCUT2D eigenvalue weighted by Crippen LogP contribution is -2.41. The normalized spacial score (nSPS) is 12.5. The van der Waals surface area contributed by atoms with Gasteiger partial charge in [-0.3, -0.25) is 9.48 Å². The first kappa shape index (κ1) is 9.53. The molecule has 1 heterocycles. The van der Waals surface area contributed by atoms with Crippen LogP contribution in [-0.4, -0.2) is 28.3 Å². The second kappa shape index (κ2) is 3.90. The monoisotopic (exact) mass is 183 g/mol. The summed E-state index contributed by atoms with van der Waals surface area (Å²) in [5.41, 5.74) is 11.2. The van der Waals surface area contributed by atoms with E-state index in [1.807, 2.05) is 0 Å². The Hall–Kier alpha value is -1.56. The van der Waals surface area contributed by atoms with Crippen molar-refractivity contribution < 1.29 is 4.79 Å². The lowest BCUT2D eigenvalue weighted by atomic mass is 10.3. The molecular weight excluding hydrogens is 170 g/mol. The zero-order chi connectivity index (χ0) is 9.84. The molecule has 1 rings (SSSR count). The molecule has 1 aromatic heterocycles. The summed E-state index contributed by atoms with van der Waals surface area (Å²) >= 11 is 0. The molecule has 0 aliphatic carbocycles.